The maximum atomic E-state index is 12.1. The average Bonchev–Trinajstić information content (AvgIpc) is 2.84. The van der Waals surface area contributed by atoms with Crippen molar-refractivity contribution in [3.8, 4) is 0 Å². The van der Waals surface area contributed by atoms with Crippen molar-refractivity contribution in [3.63, 3.8) is 0 Å². The molecule has 2 rings (SSSR count). The SMILES string of the molecule is CCCNc1cc(C)n(C2CCN(C(=O)OC(C)(C)C)CC2)n1. The number of nitrogens with one attached hydrogen (secondary N) is 1. The molecule has 0 radical (unpaired) electrons. The van der Waals surface area contributed by atoms with Crippen LogP contribution in [0.3, 0.4) is 0 Å². The summed E-state index contributed by atoms with van der Waals surface area (Å²) in [5.41, 5.74) is 0.728. The van der Waals surface area contributed by atoms with Crippen molar-refractivity contribution >= 4 is 11.9 Å². The van der Waals surface area contributed by atoms with E-state index in [1.807, 2.05) is 20.8 Å². The molecule has 1 aliphatic heterocycles. The molecule has 1 fully saturated rings. The van der Waals surface area contributed by atoms with Gasteiger partial charge in [-0.1, -0.05) is 6.92 Å². The van der Waals surface area contributed by atoms with E-state index in [4.69, 9.17) is 4.74 Å². The Bertz CT molecular complexity index is 525. The van der Waals surface area contributed by atoms with E-state index in [-0.39, 0.29) is 6.09 Å². The lowest BCUT2D eigenvalue weighted by molar-refractivity contribution is 0.0184. The quantitative estimate of drug-likeness (QED) is 0.920. The van der Waals surface area contributed by atoms with Crippen LogP contribution in [0.4, 0.5) is 10.6 Å². The van der Waals surface area contributed by atoms with Gasteiger partial charge in [0.2, 0.25) is 0 Å². The lowest BCUT2D eigenvalue weighted by Gasteiger charge is -2.33. The molecule has 1 aliphatic rings. The molecular weight excluding hydrogens is 292 g/mol. The summed E-state index contributed by atoms with van der Waals surface area (Å²) in [6.45, 7) is 12.3. The van der Waals surface area contributed by atoms with Gasteiger partial charge in [-0.25, -0.2) is 4.79 Å². The first-order chi connectivity index (χ1) is 10.8. The van der Waals surface area contributed by atoms with Gasteiger partial charge in [-0.05, 0) is 47.0 Å². The third-order valence-electron chi connectivity index (χ3n) is 3.94. The molecule has 2 heterocycles. The summed E-state index contributed by atoms with van der Waals surface area (Å²) in [5.74, 6) is 0.943. The molecule has 0 aliphatic carbocycles. The van der Waals surface area contributed by atoms with Crippen LogP contribution >= 0.6 is 0 Å². The summed E-state index contributed by atoms with van der Waals surface area (Å²) < 4.78 is 7.55. The Morgan fingerprint density at radius 3 is 2.61 bits per heavy atom. The van der Waals surface area contributed by atoms with Crippen LogP contribution in [0.5, 0.6) is 0 Å². The van der Waals surface area contributed by atoms with Crippen LogP contribution in [0.2, 0.25) is 0 Å². The first-order valence-corrected chi connectivity index (χ1v) is 8.58. The van der Waals surface area contributed by atoms with Gasteiger partial charge in [-0.2, -0.15) is 5.10 Å². The molecule has 0 bridgehead atoms. The highest BCUT2D eigenvalue weighted by Gasteiger charge is 2.28. The minimum atomic E-state index is -0.438. The molecule has 23 heavy (non-hydrogen) atoms. The smallest absolute Gasteiger partial charge is 0.410 e. The Hall–Kier alpha value is -1.72. The standard InChI is InChI=1S/C17H30N4O2/c1-6-9-18-15-12-13(2)21(19-15)14-7-10-20(11-8-14)16(22)23-17(3,4)5/h12,14H,6-11H2,1-5H3,(H,18,19). The second-order valence-corrected chi connectivity index (χ2v) is 7.24. The van der Waals surface area contributed by atoms with Crippen molar-refractivity contribution < 1.29 is 9.53 Å². The molecule has 130 valence electrons. The van der Waals surface area contributed by atoms with Gasteiger partial charge in [0, 0.05) is 31.4 Å². The number of ether oxygens (including phenoxy) is 1. The Morgan fingerprint density at radius 2 is 2.04 bits per heavy atom. The number of aromatic nitrogens is 2. The molecule has 0 atom stereocenters. The number of aryl methyl sites for hydroxylation is 1. The molecule has 0 aromatic carbocycles. The predicted molar refractivity (Wildman–Crippen MR) is 91.8 cm³/mol. The normalized spacial score (nSPS) is 16.5. The van der Waals surface area contributed by atoms with Gasteiger partial charge in [-0.3, -0.25) is 4.68 Å². The number of piperidine rings is 1. The summed E-state index contributed by atoms with van der Waals surface area (Å²) in [6, 6.07) is 2.45. The number of carbonyl (C=O) groups excluding carboxylic acids is 1. The molecule has 1 saturated heterocycles. The molecule has 1 aromatic heterocycles. The Labute approximate surface area is 139 Å². The first-order valence-electron chi connectivity index (χ1n) is 8.58. The van der Waals surface area contributed by atoms with Crippen molar-refractivity contribution in [2.24, 2.45) is 0 Å². The van der Waals surface area contributed by atoms with Gasteiger partial charge in [0.05, 0.1) is 6.04 Å². The highest BCUT2D eigenvalue weighted by molar-refractivity contribution is 5.68. The van der Waals surface area contributed by atoms with Crippen LogP contribution < -0.4 is 5.32 Å². The number of amides is 1. The van der Waals surface area contributed by atoms with E-state index >= 15 is 0 Å². The predicted octanol–water partition coefficient (Wildman–Crippen LogP) is 3.59. The summed E-state index contributed by atoms with van der Waals surface area (Å²) in [4.78, 5) is 13.9. The van der Waals surface area contributed by atoms with Gasteiger partial charge in [-0.15, -0.1) is 0 Å². The highest BCUT2D eigenvalue weighted by atomic mass is 16.6. The van der Waals surface area contributed by atoms with Crippen molar-refractivity contribution in [1.29, 1.82) is 0 Å². The third kappa shape index (κ3) is 4.88. The second kappa shape index (κ2) is 7.23. The molecule has 6 nitrogen and oxygen atoms in total. The number of anilines is 1. The van der Waals surface area contributed by atoms with E-state index in [0.29, 0.717) is 6.04 Å². The number of hydrogen-bond donors (Lipinski definition) is 1. The minimum absolute atomic E-state index is 0.210. The molecule has 6 heteroatoms. The molecular formula is C17H30N4O2. The maximum absolute atomic E-state index is 12.1. The summed E-state index contributed by atoms with van der Waals surface area (Å²) in [5, 5.41) is 8.00. The zero-order valence-electron chi connectivity index (χ0n) is 15.1. The van der Waals surface area contributed by atoms with Gasteiger partial charge in [0.1, 0.15) is 11.4 Å². The lowest BCUT2D eigenvalue weighted by Crippen LogP contribution is -2.42. The topological polar surface area (TPSA) is 59.4 Å². The summed E-state index contributed by atoms with van der Waals surface area (Å²) in [6.07, 6.45) is 2.70. The molecule has 1 aromatic rings. The fourth-order valence-electron chi connectivity index (χ4n) is 2.82. The molecule has 0 spiro atoms. The Kier molecular flexibility index (Phi) is 5.55. The molecule has 0 saturated carbocycles. The van der Waals surface area contributed by atoms with Gasteiger partial charge >= 0.3 is 6.09 Å². The Morgan fingerprint density at radius 1 is 1.39 bits per heavy atom. The molecule has 1 N–H and O–H groups in total. The minimum Gasteiger partial charge on any atom is -0.444 e. The monoisotopic (exact) mass is 322 g/mol. The highest BCUT2D eigenvalue weighted by Crippen LogP contribution is 2.26. The van der Waals surface area contributed by atoms with Crippen LogP contribution in [0, 0.1) is 6.92 Å². The summed E-state index contributed by atoms with van der Waals surface area (Å²) in [7, 11) is 0. The number of hydrogen-bond acceptors (Lipinski definition) is 4. The zero-order chi connectivity index (χ0) is 17.0. The van der Waals surface area contributed by atoms with Crippen LogP contribution in [0.1, 0.15) is 58.7 Å². The van der Waals surface area contributed by atoms with Crippen LogP contribution in [-0.4, -0.2) is 46.0 Å². The van der Waals surface area contributed by atoms with Crippen molar-refractivity contribution in [2.45, 2.75) is 65.5 Å². The largest absolute Gasteiger partial charge is 0.444 e. The van der Waals surface area contributed by atoms with Crippen molar-refractivity contribution in [1.82, 2.24) is 14.7 Å². The fraction of sp³-hybridized carbons (Fsp3) is 0.765. The third-order valence-corrected chi connectivity index (χ3v) is 3.94. The van der Waals surface area contributed by atoms with E-state index < -0.39 is 5.60 Å². The van der Waals surface area contributed by atoms with Crippen LogP contribution in [0.15, 0.2) is 6.07 Å². The van der Waals surface area contributed by atoms with Gasteiger partial charge in [0.15, 0.2) is 0 Å². The lowest BCUT2D eigenvalue weighted by atomic mass is 10.1. The van der Waals surface area contributed by atoms with Gasteiger partial charge in [0.25, 0.3) is 0 Å². The van der Waals surface area contributed by atoms with E-state index in [9.17, 15) is 4.79 Å². The summed E-state index contributed by atoms with van der Waals surface area (Å²) >= 11 is 0. The number of carbonyl (C=O) groups is 1. The van der Waals surface area contributed by atoms with Crippen molar-refractivity contribution in [3.05, 3.63) is 11.8 Å². The zero-order valence-corrected chi connectivity index (χ0v) is 15.1. The van der Waals surface area contributed by atoms with E-state index in [0.717, 1.165) is 44.7 Å². The van der Waals surface area contributed by atoms with Crippen LogP contribution in [0.25, 0.3) is 0 Å². The van der Waals surface area contributed by atoms with Crippen molar-refractivity contribution in [2.75, 3.05) is 25.0 Å². The molecule has 1 amide bonds. The van der Waals surface area contributed by atoms with Gasteiger partial charge < -0.3 is 15.0 Å². The first kappa shape index (κ1) is 17.6. The number of rotatable bonds is 4. The number of nitrogens with zero attached hydrogens (tertiary/aromatic N) is 3. The average molecular weight is 322 g/mol. The second-order valence-electron chi connectivity index (χ2n) is 7.24. The van der Waals surface area contributed by atoms with E-state index in [1.165, 1.54) is 5.69 Å². The molecule has 0 unspecified atom stereocenters. The Balaban J connectivity index is 1.91. The van der Waals surface area contributed by atoms with E-state index in [2.05, 4.69) is 35.0 Å². The fourth-order valence-corrected chi connectivity index (χ4v) is 2.82. The van der Waals surface area contributed by atoms with E-state index in [1.54, 1.807) is 4.90 Å². The maximum Gasteiger partial charge on any atom is 0.410 e. The van der Waals surface area contributed by atoms with Crippen LogP contribution in [-0.2, 0) is 4.74 Å². The number of likely N-dealkylation sites (tertiary alicyclic amines) is 1.